The maximum absolute atomic E-state index is 5.55. The maximum Gasteiger partial charge on any atom is 0.339 e. The first kappa shape index (κ1) is 14.1. The van der Waals surface area contributed by atoms with Crippen molar-refractivity contribution in [1.29, 1.82) is 0 Å². The quantitative estimate of drug-likeness (QED) is 0.558. The number of alkyl halides is 3. The summed E-state index contributed by atoms with van der Waals surface area (Å²) in [5, 5.41) is 0.279. The predicted molar refractivity (Wildman–Crippen MR) is 61.5 cm³/mol. The summed E-state index contributed by atoms with van der Waals surface area (Å²) in [5.74, 6) is 0.169. The standard InChI is InChI=1S/C6H3Cl4NO.C2H6/c7-4-2-1-3-5(11-4)12-6(8,9)10;1-2/h1-3H;1-2H3. The molecule has 0 unspecified atom stereocenters. The lowest BCUT2D eigenvalue weighted by Gasteiger charge is -2.11. The third-order valence-corrected chi connectivity index (χ3v) is 1.35. The molecule has 1 aromatic heterocycles. The Kier molecular flexibility index (Phi) is 6.62. The number of ether oxygens (including phenoxy) is 1. The molecule has 0 aliphatic carbocycles. The molecule has 0 saturated carbocycles. The van der Waals surface area contributed by atoms with Gasteiger partial charge in [0.1, 0.15) is 5.15 Å². The molecule has 0 fully saturated rings. The van der Waals surface area contributed by atoms with Gasteiger partial charge in [-0.25, -0.2) is 4.98 Å². The van der Waals surface area contributed by atoms with E-state index < -0.39 is 3.98 Å². The molecule has 1 heterocycles. The molecule has 0 amide bonds. The largest absolute Gasteiger partial charge is 0.428 e. The predicted octanol–water partition coefficient (Wildman–Crippen LogP) is 4.47. The van der Waals surface area contributed by atoms with Crippen LogP contribution in [0, 0.1) is 0 Å². The second kappa shape index (κ2) is 6.57. The van der Waals surface area contributed by atoms with Crippen LogP contribution in [0.5, 0.6) is 5.88 Å². The molecular formula is C8H9Cl4NO. The van der Waals surface area contributed by atoms with Crippen LogP contribution in [0.3, 0.4) is 0 Å². The zero-order valence-electron chi connectivity index (χ0n) is 7.60. The SMILES string of the molecule is CC.Clc1cccc(OC(Cl)(Cl)Cl)n1. The van der Waals surface area contributed by atoms with Gasteiger partial charge in [0.05, 0.1) is 0 Å². The average Bonchev–Trinajstić information content (AvgIpc) is 2.04. The Hall–Kier alpha value is 0.110. The van der Waals surface area contributed by atoms with Gasteiger partial charge in [-0.3, -0.25) is 0 Å². The minimum absolute atomic E-state index is 0.169. The fourth-order valence-electron chi connectivity index (χ4n) is 0.565. The first-order chi connectivity index (χ1) is 6.47. The van der Waals surface area contributed by atoms with Crippen molar-refractivity contribution in [3.8, 4) is 5.88 Å². The average molecular weight is 277 g/mol. The highest BCUT2D eigenvalue weighted by molar-refractivity contribution is 6.66. The highest BCUT2D eigenvalue weighted by atomic mass is 35.6. The normalized spacial score (nSPS) is 10.1. The fraction of sp³-hybridized carbons (Fsp3) is 0.375. The van der Waals surface area contributed by atoms with Crippen LogP contribution < -0.4 is 4.74 Å². The van der Waals surface area contributed by atoms with Crippen molar-refractivity contribution in [3.05, 3.63) is 23.4 Å². The summed E-state index contributed by atoms with van der Waals surface area (Å²) in [6, 6.07) is 4.77. The first-order valence-corrected chi connectivity index (χ1v) is 5.37. The van der Waals surface area contributed by atoms with Crippen LogP contribution >= 0.6 is 46.4 Å². The minimum Gasteiger partial charge on any atom is -0.428 e. The molecule has 0 aromatic carbocycles. The van der Waals surface area contributed by atoms with E-state index in [0.29, 0.717) is 0 Å². The van der Waals surface area contributed by atoms with E-state index in [2.05, 4.69) is 4.98 Å². The third kappa shape index (κ3) is 6.55. The molecule has 0 bridgehead atoms. The lowest BCUT2D eigenvalue weighted by molar-refractivity contribution is 0.307. The van der Waals surface area contributed by atoms with E-state index in [9.17, 15) is 0 Å². The van der Waals surface area contributed by atoms with Gasteiger partial charge in [0, 0.05) is 6.07 Å². The Labute approximate surface area is 103 Å². The molecule has 1 rings (SSSR count). The molecule has 0 saturated heterocycles. The van der Waals surface area contributed by atoms with Crippen LogP contribution in [0.15, 0.2) is 18.2 Å². The lowest BCUT2D eigenvalue weighted by Crippen LogP contribution is -2.13. The number of pyridine rings is 1. The van der Waals surface area contributed by atoms with Crippen molar-refractivity contribution in [1.82, 2.24) is 4.98 Å². The monoisotopic (exact) mass is 275 g/mol. The van der Waals surface area contributed by atoms with Crippen LogP contribution in [0.25, 0.3) is 0 Å². The summed E-state index contributed by atoms with van der Waals surface area (Å²) in [6.07, 6.45) is 0. The second-order valence-electron chi connectivity index (χ2n) is 1.85. The summed E-state index contributed by atoms with van der Waals surface area (Å²) < 4.78 is 2.98. The molecule has 0 atom stereocenters. The van der Waals surface area contributed by atoms with E-state index in [1.165, 1.54) is 6.07 Å². The van der Waals surface area contributed by atoms with Crippen LogP contribution in [-0.2, 0) is 0 Å². The number of aromatic nitrogens is 1. The molecule has 2 nitrogen and oxygen atoms in total. The van der Waals surface area contributed by atoms with E-state index in [-0.39, 0.29) is 11.0 Å². The molecule has 14 heavy (non-hydrogen) atoms. The Balaban J connectivity index is 0.000000791. The van der Waals surface area contributed by atoms with Gasteiger partial charge in [-0.1, -0.05) is 31.5 Å². The molecular weight excluding hydrogens is 268 g/mol. The van der Waals surface area contributed by atoms with Crippen molar-refractivity contribution in [2.24, 2.45) is 0 Å². The van der Waals surface area contributed by atoms with E-state index in [4.69, 9.17) is 51.1 Å². The highest BCUT2D eigenvalue weighted by Crippen LogP contribution is 2.29. The molecule has 6 heteroatoms. The first-order valence-electron chi connectivity index (χ1n) is 3.86. The van der Waals surface area contributed by atoms with Gasteiger partial charge in [-0.2, -0.15) is 0 Å². The number of hydrogen-bond acceptors (Lipinski definition) is 2. The Morgan fingerprint density at radius 1 is 1.21 bits per heavy atom. The summed E-state index contributed by atoms with van der Waals surface area (Å²) in [4.78, 5) is 3.75. The van der Waals surface area contributed by atoms with E-state index in [0.717, 1.165) is 0 Å². The maximum atomic E-state index is 5.55. The van der Waals surface area contributed by atoms with Crippen molar-refractivity contribution in [2.45, 2.75) is 17.8 Å². The molecule has 0 spiro atoms. The van der Waals surface area contributed by atoms with Gasteiger partial charge in [0.15, 0.2) is 0 Å². The lowest BCUT2D eigenvalue weighted by atomic mass is 10.5. The van der Waals surface area contributed by atoms with Gasteiger partial charge >= 0.3 is 3.98 Å². The van der Waals surface area contributed by atoms with Gasteiger partial charge in [-0.05, 0) is 40.9 Å². The fourth-order valence-corrected chi connectivity index (χ4v) is 0.958. The van der Waals surface area contributed by atoms with Crippen LogP contribution in [0.4, 0.5) is 0 Å². The molecule has 0 aliphatic heterocycles. The topological polar surface area (TPSA) is 22.1 Å². The Morgan fingerprint density at radius 2 is 1.79 bits per heavy atom. The number of hydrogen-bond donors (Lipinski definition) is 0. The van der Waals surface area contributed by atoms with E-state index >= 15 is 0 Å². The zero-order valence-corrected chi connectivity index (χ0v) is 10.6. The summed E-state index contributed by atoms with van der Waals surface area (Å²) in [7, 11) is 0. The van der Waals surface area contributed by atoms with Crippen molar-refractivity contribution in [3.63, 3.8) is 0 Å². The molecule has 0 N–H and O–H groups in total. The Morgan fingerprint density at radius 3 is 2.21 bits per heavy atom. The molecule has 80 valence electrons. The van der Waals surface area contributed by atoms with Crippen molar-refractivity contribution < 1.29 is 4.74 Å². The second-order valence-corrected chi connectivity index (χ2v) is 4.41. The van der Waals surface area contributed by atoms with Crippen LogP contribution in [-0.4, -0.2) is 8.96 Å². The number of halogens is 4. The molecule has 0 aliphatic rings. The Bertz CT molecular complexity index is 274. The summed E-state index contributed by atoms with van der Waals surface area (Å²) in [5.41, 5.74) is 0. The van der Waals surface area contributed by atoms with Crippen molar-refractivity contribution in [2.75, 3.05) is 0 Å². The van der Waals surface area contributed by atoms with Gasteiger partial charge < -0.3 is 4.74 Å². The van der Waals surface area contributed by atoms with Gasteiger partial charge in [-0.15, -0.1) is 0 Å². The van der Waals surface area contributed by atoms with Gasteiger partial charge in [0.2, 0.25) is 5.88 Å². The van der Waals surface area contributed by atoms with Crippen LogP contribution in [0.2, 0.25) is 5.15 Å². The minimum atomic E-state index is -1.81. The van der Waals surface area contributed by atoms with Crippen LogP contribution in [0.1, 0.15) is 13.8 Å². The molecule has 0 radical (unpaired) electrons. The van der Waals surface area contributed by atoms with E-state index in [1.54, 1.807) is 12.1 Å². The van der Waals surface area contributed by atoms with Gasteiger partial charge in [0.25, 0.3) is 0 Å². The zero-order chi connectivity index (χ0) is 11.2. The third-order valence-electron chi connectivity index (χ3n) is 0.910. The van der Waals surface area contributed by atoms with E-state index in [1.807, 2.05) is 13.8 Å². The molecule has 1 aromatic rings. The number of nitrogens with zero attached hydrogens (tertiary/aromatic N) is 1. The summed E-state index contributed by atoms with van der Waals surface area (Å²) in [6.45, 7) is 4.00. The summed E-state index contributed by atoms with van der Waals surface area (Å²) >= 11 is 21.6. The smallest absolute Gasteiger partial charge is 0.339 e. The number of rotatable bonds is 1. The van der Waals surface area contributed by atoms with Crippen molar-refractivity contribution >= 4 is 46.4 Å². The highest BCUT2D eigenvalue weighted by Gasteiger charge is 2.22.